The number of aliphatic carboxylic acids is 1. The molecule has 140 valence electrons. The Hall–Kier alpha value is -3.02. The molecule has 0 heterocycles. The Bertz CT molecular complexity index is 711. The van der Waals surface area contributed by atoms with Gasteiger partial charge in [0, 0.05) is 6.42 Å². The second kappa shape index (κ2) is 10.8. The molecule has 0 bridgehead atoms. The molecule has 2 aromatic rings. The number of hydrogen-bond donors (Lipinski definition) is 3. The van der Waals surface area contributed by atoms with Crippen LogP contribution in [0.15, 0.2) is 48.5 Å². The van der Waals surface area contributed by atoms with Gasteiger partial charge in [0.05, 0.1) is 13.0 Å². The van der Waals surface area contributed by atoms with E-state index in [0.29, 0.717) is 12.0 Å². The van der Waals surface area contributed by atoms with Crippen LogP contribution < -0.4 is 0 Å². The average molecular weight is 360 g/mol. The molecule has 0 fully saturated rings. The van der Waals surface area contributed by atoms with Crippen LogP contribution in [0.1, 0.15) is 24.5 Å². The first kappa shape index (κ1) is 21.0. The van der Waals surface area contributed by atoms with Gasteiger partial charge in [0.15, 0.2) is 11.5 Å². The van der Waals surface area contributed by atoms with Gasteiger partial charge in [-0.15, -0.1) is 0 Å². The minimum atomic E-state index is -0.882. The van der Waals surface area contributed by atoms with E-state index in [4.69, 9.17) is 15.3 Å². The number of carboxylic acid groups (broad SMARTS) is 1. The molecule has 0 saturated heterocycles. The topological polar surface area (TPSA) is 104 Å². The molecule has 2 rings (SSSR count). The molecule has 0 aliphatic heterocycles. The SMILES string of the molecule is COC(=O)C(C)Cc1ccccc1.O=C(O)CCc1ccc(O)c(O)c1. The molecule has 1 atom stereocenters. The molecule has 0 spiro atoms. The highest BCUT2D eigenvalue weighted by Gasteiger charge is 2.12. The third-order valence-corrected chi connectivity index (χ3v) is 3.66. The van der Waals surface area contributed by atoms with E-state index < -0.39 is 5.97 Å². The van der Waals surface area contributed by atoms with Gasteiger partial charge >= 0.3 is 11.9 Å². The molecule has 1 unspecified atom stereocenters. The molecule has 6 heteroatoms. The van der Waals surface area contributed by atoms with Crippen LogP contribution in [0.5, 0.6) is 11.5 Å². The Morgan fingerprint density at radius 3 is 2.19 bits per heavy atom. The van der Waals surface area contributed by atoms with E-state index in [0.717, 1.165) is 6.42 Å². The standard InChI is InChI=1S/C11H14O2.C9H10O4/c1-9(11(12)13-2)8-10-6-4-3-5-7-10;10-7-3-1-6(5-8(7)11)2-4-9(12)13/h3-7,9H,8H2,1-2H3;1,3,5,10-11H,2,4H2,(H,12,13). The van der Waals surface area contributed by atoms with Crippen molar-refractivity contribution in [3.05, 3.63) is 59.7 Å². The first-order valence-electron chi connectivity index (χ1n) is 8.18. The number of ether oxygens (including phenoxy) is 1. The number of rotatable bonds is 6. The van der Waals surface area contributed by atoms with Crippen LogP contribution in [0.2, 0.25) is 0 Å². The van der Waals surface area contributed by atoms with E-state index in [1.165, 1.54) is 24.8 Å². The van der Waals surface area contributed by atoms with Crippen molar-refractivity contribution in [2.45, 2.75) is 26.2 Å². The zero-order valence-electron chi connectivity index (χ0n) is 14.9. The molecule has 0 aliphatic carbocycles. The summed E-state index contributed by atoms with van der Waals surface area (Å²) in [6.45, 7) is 1.87. The number of esters is 1. The van der Waals surface area contributed by atoms with Gasteiger partial charge in [-0.2, -0.15) is 0 Å². The maximum absolute atomic E-state index is 11.1. The maximum Gasteiger partial charge on any atom is 0.308 e. The van der Waals surface area contributed by atoms with Crippen molar-refractivity contribution in [1.29, 1.82) is 0 Å². The van der Waals surface area contributed by atoms with E-state index in [-0.39, 0.29) is 29.8 Å². The summed E-state index contributed by atoms with van der Waals surface area (Å²) in [5.41, 5.74) is 1.86. The summed E-state index contributed by atoms with van der Waals surface area (Å²) < 4.78 is 4.65. The largest absolute Gasteiger partial charge is 0.504 e. The second-order valence-electron chi connectivity index (χ2n) is 5.83. The number of carbonyl (C=O) groups is 2. The van der Waals surface area contributed by atoms with E-state index in [1.807, 2.05) is 37.3 Å². The highest BCUT2D eigenvalue weighted by Crippen LogP contribution is 2.25. The van der Waals surface area contributed by atoms with Gasteiger partial charge in [-0.25, -0.2) is 0 Å². The number of hydrogen-bond acceptors (Lipinski definition) is 5. The molecule has 2 aromatic carbocycles. The molecule has 0 amide bonds. The Morgan fingerprint density at radius 2 is 1.65 bits per heavy atom. The van der Waals surface area contributed by atoms with Gasteiger partial charge < -0.3 is 20.1 Å². The van der Waals surface area contributed by atoms with Gasteiger partial charge in [-0.3, -0.25) is 9.59 Å². The molecule has 0 aromatic heterocycles. The van der Waals surface area contributed by atoms with Crippen molar-refractivity contribution in [2.24, 2.45) is 5.92 Å². The number of aryl methyl sites for hydroxylation is 1. The van der Waals surface area contributed by atoms with Crippen LogP contribution in [0, 0.1) is 5.92 Å². The fraction of sp³-hybridized carbons (Fsp3) is 0.300. The molecule has 3 N–H and O–H groups in total. The van der Waals surface area contributed by atoms with E-state index in [1.54, 1.807) is 6.07 Å². The summed E-state index contributed by atoms with van der Waals surface area (Å²) >= 11 is 0. The van der Waals surface area contributed by atoms with Crippen LogP contribution in [-0.2, 0) is 27.2 Å². The van der Waals surface area contributed by atoms with Gasteiger partial charge in [-0.1, -0.05) is 43.3 Å². The van der Waals surface area contributed by atoms with E-state index >= 15 is 0 Å². The average Bonchev–Trinajstić information content (AvgIpc) is 2.63. The highest BCUT2D eigenvalue weighted by molar-refractivity contribution is 5.72. The zero-order chi connectivity index (χ0) is 19.5. The lowest BCUT2D eigenvalue weighted by Crippen LogP contribution is -2.14. The molecule has 0 saturated carbocycles. The van der Waals surface area contributed by atoms with Gasteiger partial charge in [0.25, 0.3) is 0 Å². The normalized spacial score (nSPS) is 11.0. The van der Waals surface area contributed by atoms with E-state index in [9.17, 15) is 9.59 Å². The zero-order valence-corrected chi connectivity index (χ0v) is 14.9. The van der Waals surface area contributed by atoms with Crippen molar-refractivity contribution in [2.75, 3.05) is 7.11 Å². The molecule has 6 nitrogen and oxygen atoms in total. The smallest absolute Gasteiger partial charge is 0.308 e. The number of phenols is 2. The summed E-state index contributed by atoms with van der Waals surface area (Å²) in [6.07, 6.45) is 1.11. The fourth-order valence-corrected chi connectivity index (χ4v) is 2.23. The third-order valence-electron chi connectivity index (χ3n) is 3.66. The van der Waals surface area contributed by atoms with Crippen molar-refractivity contribution < 1.29 is 29.6 Å². The summed E-state index contributed by atoms with van der Waals surface area (Å²) in [4.78, 5) is 21.3. The highest BCUT2D eigenvalue weighted by atomic mass is 16.5. The van der Waals surface area contributed by atoms with E-state index in [2.05, 4.69) is 4.74 Å². The lowest BCUT2D eigenvalue weighted by Gasteiger charge is -2.08. The molecule has 26 heavy (non-hydrogen) atoms. The number of methoxy groups -OCH3 is 1. The fourth-order valence-electron chi connectivity index (χ4n) is 2.23. The third kappa shape index (κ3) is 7.70. The molecular formula is C20H24O6. The number of phenolic OH excluding ortho intramolecular Hbond substituents is 2. The number of carbonyl (C=O) groups excluding carboxylic acids is 1. The Labute approximate surface area is 152 Å². The number of aromatic hydroxyl groups is 2. The van der Waals surface area contributed by atoms with Crippen LogP contribution in [0.3, 0.4) is 0 Å². The van der Waals surface area contributed by atoms with Crippen LogP contribution in [-0.4, -0.2) is 34.4 Å². The number of carboxylic acids is 1. The lowest BCUT2D eigenvalue weighted by molar-refractivity contribution is -0.144. The minimum absolute atomic E-state index is 0.0181. The lowest BCUT2D eigenvalue weighted by atomic mass is 10.0. The first-order valence-corrected chi connectivity index (χ1v) is 8.18. The summed E-state index contributed by atoms with van der Waals surface area (Å²) in [5, 5.41) is 26.4. The predicted molar refractivity (Wildman–Crippen MR) is 97.1 cm³/mol. The molecule has 0 radical (unpaired) electrons. The van der Waals surface area contributed by atoms with Crippen LogP contribution in [0.25, 0.3) is 0 Å². The van der Waals surface area contributed by atoms with Crippen molar-refractivity contribution in [1.82, 2.24) is 0 Å². The Morgan fingerprint density at radius 1 is 1.00 bits per heavy atom. The quantitative estimate of drug-likeness (QED) is 0.540. The summed E-state index contributed by atoms with van der Waals surface area (Å²) in [5.74, 6) is -1.51. The van der Waals surface area contributed by atoms with Crippen LogP contribution >= 0.6 is 0 Å². The Balaban J connectivity index is 0.000000260. The van der Waals surface area contributed by atoms with Crippen molar-refractivity contribution >= 4 is 11.9 Å². The van der Waals surface area contributed by atoms with Gasteiger partial charge in [0.2, 0.25) is 0 Å². The van der Waals surface area contributed by atoms with Gasteiger partial charge in [0.1, 0.15) is 0 Å². The van der Waals surface area contributed by atoms with Crippen molar-refractivity contribution in [3.63, 3.8) is 0 Å². The monoisotopic (exact) mass is 360 g/mol. The maximum atomic E-state index is 11.1. The molecule has 0 aliphatic rings. The number of benzene rings is 2. The minimum Gasteiger partial charge on any atom is -0.504 e. The summed E-state index contributed by atoms with van der Waals surface area (Å²) in [7, 11) is 1.42. The Kier molecular flexibility index (Phi) is 8.70. The summed E-state index contributed by atoms with van der Waals surface area (Å²) in [6, 6.07) is 14.2. The second-order valence-corrected chi connectivity index (χ2v) is 5.83. The predicted octanol–water partition coefficient (Wildman–Crippen LogP) is 3.15. The van der Waals surface area contributed by atoms with Crippen molar-refractivity contribution in [3.8, 4) is 11.5 Å². The first-order chi connectivity index (χ1) is 12.3. The van der Waals surface area contributed by atoms with Crippen LogP contribution in [0.4, 0.5) is 0 Å². The van der Waals surface area contributed by atoms with Gasteiger partial charge in [-0.05, 0) is 36.1 Å². The molecular weight excluding hydrogens is 336 g/mol.